The van der Waals surface area contributed by atoms with Crippen LogP contribution in [0.4, 0.5) is 8.78 Å². The zero-order chi connectivity index (χ0) is 27.7. The third-order valence-electron chi connectivity index (χ3n) is 8.10. The zero-order valence-electron chi connectivity index (χ0n) is 24.0. The predicted octanol–water partition coefficient (Wildman–Crippen LogP) is 6.46. The van der Waals surface area contributed by atoms with Crippen molar-refractivity contribution in [3.63, 3.8) is 0 Å². The van der Waals surface area contributed by atoms with Gasteiger partial charge < -0.3 is 18.3 Å². The summed E-state index contributed by atoms with van der Waals surface area (Å²) in [5.41, 5.74) is 0.134. The van der Waals surface area contributed by atoms with Crippen molar-refractivity contribution in [1.29, 1.82) is 0 Å². The molecule has 0 saturated heterocycles. The minimum atomic E-state index is -1.22. The Morgan fingerprint density at radius 1 is 0.757 bits per heavy atom. The first-order chi connectivity index (χ1) is 17.5. The van der Waals surface area contributed by atoms with Crippen molar-refractivity contribution in [2.24, 2.45) is 10.8 Å². The fourth-order valence-electron chi connectivity index (χ4n) is 4.45. The van der Waals surface area contributed by atoms with E-state index < -0.39 is 23.0 Å². The standard InChI is InChI=1S/C29H46F2O4Si2/c1-7-9-10-11-12-13-20-32-24-19-18-23(25(30)26(24)31)21-14-16-22(17-15-21)33-29(34-36,35-37)28(5,6)27(3,4)8-2/h14-19H,7-13,20H2,1-6,36-37H3. The molecule has 0 radical (unpaired) electrons. The van der Waals surface area contributed by atoms with E-state index in [0.717, 1.165) is 25.7 Å². The number of hydrogen-bond acceptors (Lipinski definition) is 4. The van der Waals surface area contributed by atoms with Gasteiger partial charge >= 0.3 is 5.97 Å². The highest BCUT2D eigenvalue weighted by atomic mass is 28.2. The van der Waals surface area contributed by atoms with E-state index in [9.17, 15) is 8.78 Å². The molecule has 0 aliphatic heterocycles. The second kappa shape index (κ2) is 13.9. The summed E-state index contributed by atoms with van der Waals surface area (Å²) in [6.07, 6.45) is 7.55. The molecule has 0 amide bonds. The lowest BCUT2D eigenvalue weighted by molar-refractivity contribution is -0.336. The van der Waals surface area contributed by atoms with Gasteiger partial charge in [-0.15, -0.1) is 0 Å². The third kappa shape index (κ3) is 7.22. The van der Waals surface area contributed by atoms with E-state index in [1.165, 1.54) is 25.3 Å². The Bertz CT molecular complexity index is 977. The average molecular weight is 553 g/mol. The Morgan fingerprint density at radius 3 is 1.92 bits per heavy atom. The predicted molar refractivity (Wildman–Crippen MR) is 154 cm³/mol. The van der Waals surface area contributed by atoms with E-state index >= 15 is 0 Å². The zero-order valence-corrected chi connectivity index (χ0v) is 28.0. The van der Waals surface area contributed by atoms with Crippen LogP contribution >= 0.6 is 0 Å². The van der Waals surface area contributed by atoms with E-state index in [1.54, 1.807) is 30.3 Å². The van der Waals surface area contributed by atoms with Gasteiger partial charge in [0.05, 0.1) is 12.0 Å². The molecule has 4 nitrogen and oxygen atoms in total. The maximum absolute atomic E-state index is 15.0. The normalized spacial score (nSPS) is 14.1. The summed E-state index contributed by atoms with van der Waals surface area (Å²) in [7, 11) is 0.856. The van der Waals surface area contributed by atoms with Crippen molar-refractivity contribution in [2.45, 2.75) is 92.5 Å². The van der Waals surface area contributed by atoms with Crippen LogP contribution in [-0.2, 0) is 8.85 Å². The second-order valence-electron chi connectivity index (χ2n) is 10.8. The van der Waals surface area contributed by atoms with Crippen molar-refractivity contribution in [1.82, 2.24) is 0 Å². The van der Waals surface area contributed by atoms with Crippen molar-refractivity contribution in [3.8, 4) is 22.6 Å². The summed E-state index contributed by atoms with van der Waals surface area (Å²) >= 11 is 0. The molecule has 0 aromatic heterocycles. The van der Waals surface area contributed by atoms with Crippen molar-refractivity contribution < 1.29 is 27.1 Å². The molecule has 0 N–H and O–H groups in total. The Hall–Kier alpha value is -1.75. The van der Waals surface area contributed by atoms with Crippen molar-refractivity contribution >= 4 is 21.0 Å². The lowest BCUT2D eigenvalue weighted by Crippen LogP contribution is -2.59. The number of halogens is 2. The first-order valence-electron chi connectivity index (χ1n) is 13.5. The van der Waals surface area contributed by atoms with Gasteiger partial charge in [-0.1, -0.05) is 92.2 Å². The first-order valence-corrected chi connectivity index (χ1v) is 15.1. The Kier molecular flexibility index (Phi) is 11.8. The smallest absolute Gasteiger partial charge is 0.312 e. The molecule has 0 unspecified atom stereocenters. The fraction of sp³-hybridized carbons (Fsp3) is 0.586. The summed E-state index contributed by atoms with van der Waals surface area (Å²) in [4.78, 5) is 0. The highest BCUT2D eigenvalue weighted by Gasteiger charge is 2.56. The van der Waals surface area contributed by atoms with E-state index in [-0.39, 0.29) is 16.7 Å². The Labute approximate surface area is 228 Å². The van der Waals surface area contributed by atoms with Crippen molar-refractivity contribution in [3.05, 3.63) is 48.0 Å². The first kappa shape index (κ1) is 31.5. The molecule has 208 valence electrons. The SMILES string of the molecule is CCCCCCCCOc1ccc(-c2ccc(OC(O[SiH3])(O[SiH3])C(C)(C)C(C)(C)CC)cc2)c(F)c1F. The quantitative estimate of drug-likeness (QED) is 0.136. The molecule has 0 saturated carbocycles. The maximum Gasteiger partial charge on any atom is 0.312 e. The molecule has 37 heavy (non-hydrogen) atoms. The highest BCUT2D eigenvalue weighted by Crippen LogP contribution is 2.51. The van der Waals surface area contributed by atoms with Crippen LogP contribution in [0.5, 0.6) is 11.5 Å². The molecule has 2 aromatic carbocycles. The van der Waals surface area contributed by atoms with E-state index in [0.29, 0.717) is 38.9 Å². The van der Waals surface area contributed by atoms with Crippen LogP contribution in [-0.4, -0.2) is 33.6 Å². The largest absolute Gasteiger partial charge is 0.490 e. The Balaban J connectivity index is 2.15. The fourth-order valence-corrected chi connectivity index (χ4v) is 6.30. The summed E-state index contributed by atoms with van der Waals surface area (Å²) in [5.74, 6) is -2.61. The minimum Gasteiger partial charge on any atom is -0.490 e. The topological polar surface area (TPSA) is 36.9 Å². The lowest BCUT2D eigenvalue weighted by Gasteiger charge is -2.52. The molecule has 2 aromatic rings. The Morgan fingerprint density at radius 2 is 1.35 bits per heavy atom. The second-order valence-corrected chi connectivity index (χ2v) is 11.6. The number of rotatable bonds is 16. The molecule has 0 atom stereocenters. The monoisotopic (exact) mass is 552 g/mol. The van der Waals surface area contributed by atoms with Gasteiger partial charge in [0.15, 0.2) is 32.5 Å². The average Bonchev–Trinajstić information content (AvgIpc) is 2.89. The van der Waals surface area contributed by atoms with E-state index in [4.69, 9.17) is 18.3 Å². The van der Waals surface area contributed by atoms with Crippen LogP contribution in [0, 0.1) is 22.5 Å². The molecule has 0 aliphatic carbocycles. The van der Waals surface area contributed by atoms with Crippen LogP contribution in [0.15, 0.2) is 36.4 Å². The van der Waals surface area contributed by atoms with Gasteiger partial charge in [0.25, 0.3) is 0 Å². The number of benzene rings is 2. The molecule has 0 bridgehead atoms. The van der Waals surface area contributed by atoms with Gasteiger partial charge in [0, 0.05) is 5.56 Å². The number of unbranched alkanes of at least 4 members (excludes halogenated alkanes) is 5. The van der Waals surface area contributed by atoms with Crippen LogP contribution in [0.3, 0.4) is 0 Å². The van der Waals surface area contributed by atoms with Gasteiger partial charge in [0.1, 0.15) is 5.75 Å². The van der Waals surface area contributed by atoms with E-state index in [1.807, 2.05) is 0 Å². The van der Waals surface area contributed by atoms with Crippen LogP contribution < -0.4 is 9.47 Å². The van der Waals surface area contributed by atoms with Gasteiger partial charge in [-0.2, -0.15) is 4.39 Å². The molecule has 8 heteroatoms. The molecule has 0 aliphatic rings. The summed E-state index contributed by atoms with van der Waals surface area (Å²) < 4.78 is 53.5. The number of ether oxygens (including phenoxy) is 2. The highest BCUT2D eigenvalue weighted by molar-refractivity contribution is 6.00. The molecule has 0 spiro atoms. The lowest BCUT2D eigenvalue weighted by atomic mass is 9.64. The summed E-state index contributed by atoms with van der Waals surface area (Å²) in [6.45, 7) is 13.2. The summed E-state index contributed by atoms with van der Waals surface area (Å²) in [5, 5.41) is 0. The summed E-state index contributed by atoms with van der Waals surface area (Å²) in [6, 6.07) is 9.96. The maximum atomic E-state index is 15.0. The molecule has 0 fully saturated rings. The van der Waals surface area contributed by atoms with Crippen LogP contribution in [0.25, 0.3) is 11.1 Å². The van der Waals surface area contributed by atoms with Gasteiger partial charge in [0.2, 0.25) is 5.82 Å². The van der Waals surface area contributed by atoms with Gasteiger partial charge in [-0.05, 0) is 41.7 Å². The molecular weight excluding hydrogens is 506 g/mol. The van der Waals surface area contributed by atoms with Crippen LogP contribution in [0.2, 0.25) is 0 Å². The van der Waals surface area contributed by atoms with Gasteiger partial charge in [-0.25, -0.2) is 4.39 Å². The minimum absolute atomic E-state index is 0.0474. The van der Waals surface area contributed by atoms with E-state index in [2.05, 4.69) is 41.5 Å². The van der Waals surface area contributed by atoms with Crippen molar-refractivity contribution in [2.75, 3.05) is 6.61 Å². The number of hydrogen-bond donors (Lipinski definition) is 0. The third-order valence-corrected chi connectivity index (χ3v) is 9.17. The van der Waals surface area contributed by atoms with Gasteiger partial charge in [-0.3, -0.25) is 0 Å². The molecule has 0 heterocycles. The molecule has 2 rings (SSSR count). The van der Waals surface area contributed by atoms with Crippen LogP contribution in [0.1, 0.15) is 86.5 Å². The molecular formula is C29H46F2O4Si2.